The van der Waals surface area contributed by atoms with Crippen molar-refractivity contribution >= 4 is 34.2 Å². The number of fused-ring (bicyclic) bond motifs is 3. The molecule has 0 radical (unpaired) electrons. The Labute approximate surface area is 199 Å². The Kier molecular flexibility index (Phi) is 5.75. The first kappa shape index (κ1) is 22.0. The number of hydrogen-bond donors (Lipinski definition) is 0. The van der Waals surface area contributed by atoms with Crippen LogP contribution < -0.4 is 5.56 Å². The molecule has 0 aliphatic heterocycles. The molecule has 5 aromatic rings. The van der Waals surface area contributed by atoms with Gasteiger partial charge in [-0.15, -0.1) is 10.2 Å². The molecule has 0 fully saturated rings. The van der Waals surface area contributed by atoms with Gasteiger partial charge in [-0.25, -0.2) is 8.96 Å². The van der Waals surface area contributed by atoms with Gasteiger partial charge >= 0.3 is 0 Å². The Morgan fingerprint density at radius 2 is 1.68 bits per heavy atom. The molecule has 0 spiro atoms. The molecule has 6 nitrogen and oxygen atoms in total. The van der Waals surface area contributed by atoms with Crippen molar-refractivity contribution in [2.24, 2.45) is 0 Å². The Morgan fingerprint density at radius 3 is 2.44 bits per heavy atom. The van der Waals surface area contributed by atoms with Gasteiger partial charge in [-0.1, -0.05) is 55.9 Å². The summed E-state index contributed by atoms with van der Waals surface area (Å²) in [4.78, 5) is 26.3. The topological polar surface area (TPSA) is 69.3 Å². The van der Waals surface area contributed by atoms with Crippen LogP contribution in [0.15, 0.2) is 82.7 Å². The van der Waals surface area contributed by atoms with Crippen LogP contribution in [0.5, 0.6) is 0 Å². The maximum Gasteiger partial charge on any atom is 0.267 e. The van der Waals surface area contributed by atoms with Crippen molar-refractivity contribution in [2.45, 2.75) is 24.9 Å². The number of carbonyl (C=O) groups excluding carboxylic acids is 1. The van der Waals surface area contributed by atoms with Crippen LogP contribution in [0.4, 0.5) is 4.39 Å². The Morgan fingerprint density at radius 1 is 0.971 bits per heavy atom. The number of rotatable bonds is 6. The average molecular weight is 473 g/mol. The molecule has 0 saturated carbocycles. The Bertz CT molecular complexity index is 1590. The lowest BCUT2D eigenvalue weighted by Gasteiger charge is -2.16. The molecule has 0 aliphatic rings. The standard InChI is InChI=1S/C26H21FN4O2S/c1-16(2)19-7-3-5-9-21(19)30-24(33)20-8-4-6-10-22(20)31-25(30)28-29-26(31)34-15-23(32)17-11-13-18(27)14-12-17/h3-14,16H,15H2,1-2H3. The smallest absolute Gasteiger partial charge is 0.267 e. The van der Waals surface area contributed by atoms with Gasteiger partial charge in [0.15, 0.2) is 10.9 Å². The van der Waals surface area contributed by atoms with Crippen LogP contribution in [-0.2, 0) is 0 Å². The monoisotopic (exact) mass is 472 g/mol. The largest absolute Gasteiger partial charge is 0.293 e. The number of carbonyl (C=O) groups is 1. The van der Waals surface area contributed by atoms with Gasteiger partial charge in [0.25, 0.3) is 5.56 Å². The summed E-state index contributed by atoms with van der Waals surface area (Å²) in [6.45, 7) is 4.16. The highest BCUT2D eigenvalue weighted by Gasteiger charge is 2.20. The molecule has 0 amide bonds. The van der Waals surface area contributed by atoms with E-state index in [1.165, 1.54) is 36.0 Å². The van der Waals surface area contributed by atoms with E-state index in [4.69, 9.17) is 0 Å². The average Bonchev–Trinajstić information content (AvgIpc) is 3.27. The number of Topliss-reactive ketones (excluding diaryl/α,β-unsaturated/α-hetero) is 1. The van der Waals surface area contributed by atoms with Gasteiger partial charge in [-0.2, -0.15) is 0 Å². The molecule has 0 bridgehead atoms. The number of hydrogen-bond acceptors (Lipinski definition) is 5. The van der Waals surface area contributed by atoms with Crippen LogP contribution in [0.3, 0.4) is 0 Å². The third-order valence-electron chi connectivity index (χ3n) is 5.69. The molecule has 0 unspecified atom stereocenters. The van der Waals surface area contributed by atoms with Crippen molar-refractivity contribution in [2.75, 3.05) is 5.75 Å². The molecular formula is C26H21FN4O2S. The molecule has 5 rings (SSSR count). The lowest BCUT2D eigenvalue weighted by Crippen LogP contribution is -2.23. The highest BCUT2D eigenvalue weighted by atomic mass is 32.2. The predicted octanol–water partition coefficient (Wildman–Crippen LogP) is 5.27. The molecule has 0 atom stereocenters. The highest BCUT2D eigenvalue weighted by Crippen LogP contribution is 2.27. The first-order chi connectivity index (χ1) is 16.5. The zero-order valence-electron chi connectivity index (χ0n) is 18.6. The van der Waals surface area contributed by atoms with Crippen LogP contribution in [0.1, 0.15) is 35.7 Å². The van der Waals surface area contributed by atoms with E-state index >= 15 is 0 Å². The maximum absolute atomic E-state index is 13.6. The summed E-state index contributed by atoms with van der Waals surface area (Å²) < 4.78 is 16.6. The minimum atomic E-state index is -0.390. The van der Waals surface area contributed by atoms with Crippen molar-refractivity contribution in [1.29, 1.82) is 0 Å². The lowest BCUT2D eigenvalue weighted by molar-refractivity contribution is 0.102. The molecule has 3 aromatic carbocycles. The van der Waals surface area contributed by atoms with Crippen molar-refractivity contribution in [3.8, 4) is 5.69 Å². The van der Waals surface area contributed by atoms with Gasteiger partial charge < -0.3 is 0 Å². The summed E-state index contributed by atoms with van der Waals surface area (Å²) in [6.07, 6.45) is 0. The molecule has 0 aliphatic carbocycles. The first-order valence-electron chi connectivity index (χ1n) is 10.9. The van der Waals surface area contributed by atoms with Crippen molar-refractivity contribution in [3.63, 3.8) is 0 Å². The van der Waals surface area contributed by atoms with E-state index in [0.29, 0.717) is 27.4 Å². The van der Waals surface area contributed by atoms with E-state index in [0.717, 1.165) is 11.3 Å². The molecule has 8 heteroatoms. The van der Waals surface area contributed by atoms with Crippen LogP contribution in [0.2, 0.25) is 0 Å². The molecule has 34 heavy (non-hydrogen) atoms. The number of ketones is 1. The van der Waals surface area contributed by atoms with Gasteiger partial charge in [0.2, 0.25) is 5.78 Å². The zero-order chi connectivity index (χ0) is 23.8. The molecule has 2 aromatic heterocycles. The predicted molar refractivity (Wildman–Crippen MR) is 132 cm³/mol. The second-order valence-electron chi connectivity index (χ2n) is 8.21. The third-order valence-corrected chi connectivity index (χ3v) is 6.62. The van der Waals surface area contributed by atoms with Crippen molar-refractivity contribution < 1.29 is 9.18 Å². The summed E-state index contributed by atoms with van der Waals surface area (Å²) in [5.74, 6) is 0.138. The minimum Gasteiger partial charge on any atom is -0.293 e. The van der Waals surface area contributed by atoms with E-state index in [-0.39, 0.29) is 23.0 Å². The summed E-state index contributed by atoms with van der Waals surface area (Å²) in [5, 5.41) is 9.72. The number of nitrogens with zero attached hydrogens (tertiary/aromatic N) is 4. The maximum atomic E-state index is 13.6. The summed E-state index contributed by atoms with van der Waals surface area (Å²) in [5.41, 5.74) is 2.69. The van der Waals surface area contributed by atoms with Gasteiger partial charge in [0.1, 0.15) is 5.82 Å². The third kappa shape index (κ3) is 3.80. The Hall–Kier alpha value is -3.78. The van der Waals surface area contributed by atoms with Crippen LogP contribution in [0.25, 0.3) is 22.4 Å². The number of halogens is 1. The minimum absolute atomic E-state index is 0.0997. The van der Waals surface area contributed by atoms with Gasteiger partial charge in [-0.05, 0) is 53.9 Å². The van der Waals surface area contributed by atoms with Crippen LogP contribution >= 0.6 is 11.8 Å². The van der Waals surface area contributed by atoms with E-state index < -0.39 is 5.82 Å². The highest BCUT2D eigenvalue weighted by molar-refractivity contribution is 7.99. The second kappa shape index (κ2) is 8.87. The van der Waals surface area contributed by atoms with Crippen molar-refractivity contribution in [3.05, 3.63) is 100 Å². The van der Waals surface area contributed by atoms with E-state index in [2.05, 4.69) is 24.0 Å². The fourth-order valence-corrected chi connectivity index (χ4v) is 4.85. The summed E-state index contributed by atoms with van der Waals surface area (Å²) in [7, 11) is 0. The molecular weight excluding hydrogens is 451 g/mol. The first-order valence-corrected chi connectivity index (χ1v) is 11.8. The van der Waals surface area contributed by atoms with E-state index in [9.17, 15) is 14.0 Å². The quantitative estimate of drug-likeness (QED) is 0.249. The number of aromatic nitrogens is 4. The zero-order valence-corrected chi connectivity index (χ0v) is 19.4. The van der Waals surface area contributed by atoms with Crippen LogP contribution in [-0.4, -0.2) is 30.7 Å². The number of thioether (sulfide) groups is 1. The van der Waals surface area contributed by atoms with Gasteiger partial charge in [0, 0.05) is 5.56 Å². The summed E-state index contributed by atoms with van der Waals surface area (Å²) >= 11 is 1.23. The molecule has 0 N–H and O–H groups in total. The molecule has 2 heterocycles. The fourth-order valence-electron chi connectivity index (χ4n) is 4.02. The molecule has 0 saturated heterocycles. The Balaban J connectivity index is 1.66. The lowest BCUT2D eigenvalue weighted by atomic mass is 10.0. The number of para-hydroxylation sites is 2. The molecule has 170 valence electrons. The van der Waals surface area contributed by atoms with Gasteiger partial charge in [-0.3, -0.25) is 14.0 Å². The fraction of sp³-hybridized carbons (Fsp3) is 0.154. The summed E-state index contributed by atoms with van der Waals surface area (Å²) in [6, 6.07) is 20.5. The second-order valence-corrected chi connectivity index (χ2v) is 9.15. The van der Waals surface area contributed by atoms with Crippen LogP contribution in [0, 0.1) is 5.82 Å². The number of benzene rings is 3. The van der Waals surface area contributed by atoms with E-state index in [1.807, 2.05) is 46.9 Å². The SMILES string of the molecule is CC(C)c1ccccc1-n1c(=O)c2ccccc2n2c(SCC(=O)c3ccc(F)cc3)nnc12. The normalized spacial score (nSPS) is 11.5. The van der Waals surface area contributed by atoms with Gasteiger partial charge in [0.05, 0.1) is 22.3 Å². The van der Waals surface area contributed by atoms with Crippen molar-refractivity contribution in [1.82, 2.24) is 19.2 Å². The van der Waals surface area contributed by atoms with E-state index in [1.54, 1.807) is 10.6 Å².